The fourth-order valence-electron chi connectivity index (χ4n) is 1.60. The summed E-state index contributed by atoms with van der Waals surface area (Å²) in [6.07, 6.45) is 3.67. The van der Waals surface area contributed by atoms with Crippen LogP contribution in [0, 0.1) is 5.92 Å². The molecule has 0 heterocycles. The average Bonchev–Trinajstić information content (AvgIpc) is 2.16. The van der Waals surface area contributed by atoms with Gasteiger partial charge in [-0.25, -0.2) is 0 Å². The normalized spacial score (nSPS) is 30.1. The average molecular weight is 172 g/mol. The van der Waals surface area contributed by atoms with Crippen molar-refractivity contribution in [2.75, 3.05) is 20.3 Å². The molecular formula is C9H16O3. The lowest BCUT2D eigenvalue weighted by Crippen LogP contribution is -2.23. The van der Waals surface area contributed by atoms with Gasteiger partial charge in [-0.05, 0) is 24.3 Å². The molecule has 0 fully saturated rings. The molecule has 2 unspecified atom stereocenters. The number of methoxy groups -OCH3 is 1. The summed E-state index contributed by atoms with van der Waals surface area (Å²) >= 11 is 0. The van der Waals surface area contributed by atoms with E-state index < -0.39 is 0 Å². The van der Waals surface area contributed by atoms with Crippen LogP contribution in [0.3, 0.4) is 0 Å². The molecule has 1 aliphatic rings. The third kappa shape index (κ3) is 2.30. The van der Waals surface area contributed by atoms with Crippen LogP contribution in [-0.4, -0.2) is 36.6 Å². The van der Waals surface area contributed by atoms with Gasteiger partial charge in [-0.2, -0.15) is 0 Å². The zero-order valence-electron chi connectivity index (χ0n) is 7.36. The van der Waals surface area contributed by atoms with E-state index in [0.717, 1.165) is 18.4 Å². The predicted octanol–water partition coefficient (Wildman–Crippen LogP) is 0.322. The van der Waals surface area contributed by atoms with E-state index in [-0.39, 0.29) is 25.2 Å². The molecule has 0 saturated heterocycles. The first-order chi connectivity index (χ1) is 5.80. The first-order valence-electron chi connectivity index (χ1n) is 4.24. The van der Waals surface area contributed by atoms with Gasteiger partial charge in [0.25, 0.3) is 0 Å². The Morgan fingerprint density at radius 2 is 2.33 bits per heavy atom. The van der Waals surface area contributed by atoms with E-state index in [2.05, 4.69) is 0 Å². The van der Waals surface area contributed by atoms with Gasteiger partial charge in [-0.15, -0.1) is 0 Å². The molecule has 0 aromatic heterocycles. The van der Waals surface area contributed by atoms with Crippen molar-refractivity contribution in [3.05, 3.63) is 11.6 Å². The van der Waals surface area contributed by atoms with Gasteiger partial charge < -0.3 is 14.9 Å². The van der Waals surface area contributed by atoms with E-state index in [1.807, 2.05) is 6.08 Å². The van der Waals surface area contributed by atoms with Crippen molar-refractivity contribution in [2.45, 2.75) is 18.9 Å². The Hall–Kier alpha value is -0.380. The molecule has 0 amide bonds. The highest BCUT2D eigenvalue weighted by Gasteiger charge is 2.20. The van der Waals surface area contributed by atoms with E-state index in [0.29, 0.717) is 0 Å². The van der Waals surface area contributed by atoms with Crippen molar-refractivity contribution in [3.63, 3.8) is 0 Å². The van der Waals surface area contributed by atoms with Crippen LogP contribution in [-0.2, 0) is 4.74 Å². The molecule has 3 nitrogen and oxygen atoms in total. The summed E-state index contributed by atoms with van der Waals surface area (Å²) in [5, 5.41) is 17.9. The summed E-state index contributed by atoms with van der Waals surface area (Å²) < 4.78 is 5.16. The molecule has 0 radical (unpaired) electrons. The molecule has 0 aliphatic heterocycles. The van der Waals surface area contributed by atoms with Crippen LogP contribution in [0.1, 0.15) is 12.8 Å². The Morgan fingerprint density at radius 3 is 2.83 bits per heavy atom. The second-order valence-electron chi connectivity index (χ2n) is 3.25. The van der Waals surface area contributed by atoms with Gasteiger partial charge in [0.05, 0.1) is 12.7 Å². The topological polar surface area (TPSA) is 49.7 Å². The smallest absolute Gasteiger partial charge is 0.0759 e. The first kappa shape index (κ1) is 9.71. The molecule has 1 aliphatic carbocycles. The SMILES string of the molecule is COC1C=C(CO)CC(CO)C1. The zero-order valence-corrected chi connectivity index (χ0v) is 7.36. The van der Waals surface area contributed by atoms with Gasteiger partial charge in [-0.1, -0.05) is 6.08 Å². The van der Waals surface area contributed by atoms with Crippen LogP contribution in [0.5, 0.6) is 0 Å². The Balaban J connectivity index is 2.57. The lowest BCUT2D eigenvalue weighted by atomic mass is 9.88. The maximum Gasteiger partial charge on any atom is 0.0759 e. The number of ether oxygens (including phenoxy) is 1. The fraction of sp³-hybridized carbons (Fsp3) is 0.778. The molecule has 1 rings (SSSR count). The van der Waals surface area contributed by atoms with E-state index in [9.17, 15) is 0 Å². The van der Waals surface area contributed by atoms with Gasteiger partial charge in [0.2, 0.25) is 0 Å². The Kier molecular flexibility index (Phi) is 3.72. The van der Waals surface area contributed by atoms with E-state index in [1.54, 1.807) is 7.11 Å². The largest absolute Gasteiger partial charge is 0.396 e. The summed E-state index contributed by atoms with van der Waals surface area (Å²) in [5.74, 6) is 0.252. The molecule has 0 bridgehead atoms. The summed E-state index contributed by atoms with van der Waals surface area (Å²) in [7, 11) is 1.65. The summed E-state index contributed by atoms with van der Waals surface area (Å²) in [5.41, 5.74) is 0.979. The second kappa shape index (κ2) is 4.60. The van der Waals surface area contributed by atoms with E-state index in [4.69, 9.17) is 14.9 Å². The van der Waals surface area contributed by atoms with Crippen molar-refractivity contribution < 1.29 is 14.9 Å². The highest BCUT2D eigenvalue weighted by atomic mass is 16.5. The number of hydrogen-bond acceptors (Lipinski definition) is 3. The lowest BCUT2D eigenvalue weighted by Gasteiger charge is -2.25. The van der Waals surface area contributed by atoms with Crippen LogP contribution >= 0.6 is 0 Å². The van der Waals surface area contributed by atoms with Gasteiger partial charge in [-0.3, -0.25) is 0 Å². The van der Waals surface area contributed by atoms with Crippen LogP contribution in [0.2, 0.25) is 0 Å². The van der Waals surface area contributed by atoms with Gasteiger partial charge >= 0.3 is 0 Å². The number of rotatable bonds is 3. The Labute approximate surface area is 72.7 Å². The van der Waals surface area contributed by atoms with Gasteiger partial charge in [0, 0.05) is 13.7 Å². The minimum Gasteiger partial charge on any atom is -0.396 e. The summed E-state index contributed by atoms with van der Waals surface area (Å²) in [6, 6.07) is 0. The standard InChI is InChI=1S/C9H16O3/c1-12-9-3-7(5-10)2-8(4-9)6-11/h3,8-11H,2,4-6H2,1H3. The zero-order chi connectivity index (χ0) is 8.97. The monoisotopic (exact) mass is 172 g/mol. The molecule has 12 heavy (non-hydrogen) atoms. The molecule has 0 spiro atoms. The molecule has 0 saturated carbocycles. The second-order valence-corrected chi connectivity index (χ2v) is 3.25. The van der Waals surface area contributed by atoms with Crippen LogP contribution in [0.15, 0.2) is 11.6 Å². The molecule has 3 heteroatoms. The van der Waals surface area contributed by atoms with Gasteiger partial charge in [0.1, 0.15) is 0 Å². The van der Waals surface area contributed by atoms with Crippen molar-refractivity contribution in [1.82, 2.24) is 0 Å². The predicted molar refractivity (Wildman–Crippen MR) is 45.8 cm³/mol. The molecule has 2 N–H and O–H groups in total. The minimum absolute atomic E-state index is 0.0676. The lowest BCUT2D eigenvalue weighted by molar-refractivity contribution is 0.0887. The molecule has 0 aromatic carbocycles. The number of hydrogen-bond donors (Lipinski definition) is 2. The maximum absolute atomic E-state index is 8.95. The first-order valence-corrected chi connectivity index (χ1v) is 4.24. The van der Waals surface area contributed by atoms with Crippen LogP contribution < -0.4 is 0 Å². The third-order valence-electron chi connectivity index (χ3n) is 2.30. The van der Waals surface area contributed by atoms with Crippen molar-refractivity contribution in [3.8, 4) is 0 Å². The molecule has 2 atom stereocenters. The van der Waals surface area contributed by atoms with Crippen LogP contribution in [0.25, 0.3) is 0 Å². The van der Waals surface area contributed by atoms with Gasteiger partial charge in [0.15, 0.2) is 0 Å². The molecule has 0 aromatic rings. The maximum atomic E-state index is 8.95. The quantitative estimate of drug-likeness (QED) is 0.603. The molecule has 70 valence electrons. The van der Waals surface area contributed by atoms with Crippen LogP contribution in [0.4, 0.5) is 0 Å². The van der Waals surface area contributed by atoms with E-state index in [1.165, 1.54) is 0 Å². The number of aliphatic hydroxyl groups excluding tert-OH is 2. The summed E-state index contributed by atoms with van der Waals surface area (Å²) in [6.45, 7) is 0.258. The fourth-order valence-corrected chi connectivity index (χ4v) is 1.60. The molecular weight excluding hydrogens is 156 g/mol. The minimum atomic E-state index is 0.0676. The highest BCUT2D eigenvalue weighted by molar-refractivity contribution is 5.11. The van der Waals surface area contributed by atoms with E-state index >= 15 is 0 Å². The van der Waals surface area contributed by atoms with Crippen molar-refractivity contribution >= 4 is 0 Å². The van der Waals surface area contributed by atoms with Crippen molar-refractivity contribution in [1.29, 1.82) is 0 Å². The highest BCUT2D eigenvalue weighted by Crippen LogP contribution is 2.24. The number of aliphatic hydroxyl groups is 2. The Morgan fingerprint density at radius 1 is 1.58 bits per heavy atom. The Bertz CT molecular complexity index is 165. The van der Waals surface area contributed by atoms with Crippen molar-refractivity contribution in [2.24, 2.45) is 5.92 Å². The summed E-state index contributed by atoms with van der Waals surface area (Å²) in [4.78, 5) is 0. The third-order valence-corrected chi connectivity index (χ3v) is 2.30.